The van der Waals surface area contributed by atoms with Crippen LogP contribution in [0.15, 0.2) is 29.2 Å². The van der Waals surface area contributed by atoms with Gasteiger partial charge in [-0.25, -0.2) is 0 Å². The Kier molecular flexibility index (Phi) is 17.9. The molecule has 0 radical (unpaired) electrons. The minimum absolute atomic E-state index is 0.0666. The fraction of sp³-hybridized carbons (Fsp3) is 0.778. The van der Waals surface area contributed by atoms with Gasteiger partial charge in [0.25, 0.3) is 10.1 Å². The number of rotatable bonds is 17. The SMILES string of the molecule is CCCCCCCCCCCCCCCCC(C)C(C)(N)O.Cc1ccc(S(=O)(=O)O)cc1. The summed E-state index contributed by atoms with van der Waals surface area (Å²) in [5.41, 5.74) is 5.64. The molecule has 2 atom stereocenters. The minimum Gasteiger partial charge on any atom is -0.376 e. The Morgan fingerprint density at radius 1 is 0.818 bits per heavy atom. The van der Waals surface area contributed by atoms with Gasteiger partial charge < -0.3 is 10.8 Å². The number of hydrogen-bond donors (Lipinski definition) is 3. The van der Waals surface area contributed by atoms with E-state index in [1.807, 2.05) is 13.8 Å². The van der Waals surface area contributed by atoms with Crippen molar-refractivity contribution < 1.29 is 18.1 Å². The van der Waals surface area contributed by atoms with Crippen LogP contribution in [0.4, 0.5) is 0 Å². The van der Waals surface area contributed by atoms with Crippen molar-refractivity contribution >= 4 is 10.1 Å². The van der Waals surface area contributed by atoms with Crippen molar-refractivity contribution in [1.29, 1.82) is 0 Å². The minimum atomic E-state index is -4.02. The van der Waals surface area contributed by atoms with Crippen molar-refractivity contribution in [3.05, 3.63) is 29.8 Å². The Morgan fingerprint density at radius 2 is 1.18 bits per heavy atom. The molecule has 33 heavy (non-hydrogen) atoms. The highest BCUT2D eigenvalue weighted by Crippen LogP contribution is 2.19. The highest BCUT2D eigenvalue weighted by molar-refractivity contribution is 7.85. The van der Waals surface area contributed by atoms with Crippen molar-refractivity contribution in [2.45, 2.75) is 135 Å². The van der Waals surface area contributed by atoms with E-state index < -0.39 is 15.8 Å². The fourth-order valence-electron chi connectivity index (χ4n) is 3.65. The first-order valence-corrected chi connectivity index (χ1v) is 14.5. The van der Waals surface area contributed by atoms with E-state index in [2.05, 4.69) is 6.92 Å². The lowest BCUT2D eigenvalue weighted by Crippen LogP contribution is -2.42. The topological polar surface area (TPSA) is 101 Å². The molecule has 0 heterocycles. The first-order valence-electron chi connectivity index (χ1n) is 13.0. The molecule has 6 heteroatoms. The standard InChI is InChI=1S/C20H43NO.C7H8O3S/c1-4-5-6-7-8-9-10-11-12-13-14-15-16-17-18-19(2)20(3,21)22;1-6-2-4-7(5-3-6)11(8,9)10/h19,22H,4-18,21H2,1-3H3;2-5H,1H3,(H,8,9,10). The summed E-state index contributed by atoms with van der Waals surface area (Å²) in [6.45, 7) is 7.87. The van der Waals surface area contributed by atoms with E-state index in [9.17, 15) is 13.5 Å². The second-order valence-electron chi connectivity index (χ2n) is 9.80. The fourth-order valence-corrected chi connectivity index (χ4v) is 4.13. The molecular formula is C27H51NO4S. The molecule has 0 saturated carbocycles. The molecule has 0 bridgehead atoms. The van der Waals surface area contributed by atoms with Crippen LogP contribution in [-0.4, -0.2) is 23.8 Å². The summed E-state index contributed by atoms with van der Waals surface area (Å²) >= 11 is 0. The molecule has 1 rings (SSSR count). The third-order valence-electron chi connectivity index (χ3n) is 6.31. The number of unbranched alkanes of at least 4 members (excludes halogenated alkanes) is 13. The first kappa shape index (κ1) is 32.0. The van der Waals surface area contributed by atoms with Gasteiger partial charge in [-0.1, -0.05) is 121 Å². The molecule has 5 nitrogen and oxygen atoms in total. The van der Waals surface area contributed by atoms with E-state index in [-0.39, 0.29) is 10.8 Å². The van der Waals surface area contributed by atoms with Gasteiger partial charge in [0.1, 0.15) is 5.72 Å². The summed E-state index contributed by atoms with van der Waals surface area (Å²) in [7, 11) is -4.02. The van der Waals surface area contributed by atoms with E-state index >= 15 is 0 Å². The van der Waals surface area contributed by atoms with Gasteiger partial charge in [-0.2, -0.15) is 8.42 Å². The Balaban J connectivity index is 0.000000771. The Morgan fingerprint density at radius 3 is 1.52 bits per heavy atom. The van der Waals surface area contributed by atoms with Crippen LogP contribution in [0.25, 0.3) is 0 Å². The Bertz CT molecular complexity index is 681. The summed E-state index contributed by atoms with van der Waals surface area (Å²) in [4.78, 5) is -0.0666. The van der Waals surface area contributed by atoms with Crippen LogP contribution in [-0.2, 0) is 10.1 Å². The molecule has 0 aliphatic rings. The van der Waals surface area contributed by atoms with Crippen molar-refractivity contribution in [2.75, 3.05) is 0 Å². The lowest BCUT2D eigenvalue weighted by molar-refractivity contribution is 0.00810. The molecule has 0 fully saturated rings. The highest BCUT2D eigenvalue weighted by Gasteiger charge is 2.21. The summed E-state index contributed by atoms with van der Waals surface area (Å²) < 4.78 is 29.6. The second kappa shape index (κ2) is 18.4. The van der Waals surface area contributed by atoms with Gasteiger partial charge in [-0.05, 0) is 38.3 Å². The largest absolute Gasteiger partial charge is 0.376 e. The van der Waals surface area contributed by atoms with E-state index in [0.717, 1.165) is 12.0 Å². The predicted octanol–water partition coefficient (Wildman–Crippen LogP) is 7.40. The van der Waals surface area contributed by atoms with E-state index in [1.165, 1.54) is 102 Å². The van der Waals surface area contributed by atoms with E-state index in [1.54, 1.807) is 19.1 Å². The smallest absolute Gasteiger partial charge is 0.294 e. The average molecular weight is 486 g/mol. The molecule has 0 saturated heterocycles. The van der Waals surface area contributed by atoms with Crippen molar-refractivity contribution in [3.63, 3.8) is 0 Å². The second-order valence-corrected chi connectivity index (χ2v) is 11.2. The number of aryl methyl sites for hydroxylation is 1. The van der Waals surface area contributed by atoms with Gasteiger partial charge in [-0.3, -0.25) is 4.55 Å². The van der Waals surface area contributed by atoms with Crippen molar-refractivity contribution in [2.24, 2.45) is 11.7 Å². The lowest BCUT2D eigenvalue weighted by Gasteiger charge is -2.25. The molecule has 1 aromatic carbocycles. The Labute approximate surface area is 204 Å². The van der Waals surface area contributed by atoms with Crippen LogP contribution in [0, 0.1) is 12.8 Å². The van der Waals surface area contributed by atoms with Crippen LogP contribution in [0.1, 0.15) is 123 Å². The molecular weight excluding hydrogens is 434 g/mol. The van der Waals surface area contributed by atoms with Crippen LogP contribution in [0.2, 0.25) is 0 Å². The average Bonchev–Trinajstić information content (AvgIpc) is 2.73. The third kappa shape index (κ3) is 19.1. The molecule has 2 unspecified atom stereocenters. The molecule has 0 amide bonds. The predicted molar refractivity (Wildman–Crippen MR) is 140 cm³/mol. The molecule has 194 valence electrons. The molecule has 1 aromatic rings. The van der Waals surface area contributed by atoms with Gasteiger partial charge in [-0.15, -0.1) is 0 Å². The van der Waals surface area contributed by atoms with Crippen LogP contribution in [0.5, 0.6) is 0 Å². The zero-order valence-corrected chi connectivity index (χ0v) is 22.5. The summed E-state index contributed by atoms with van der Waals surface area (Å²) in [6.07, 6.45) is 20.5. The first-order chi connectivity index (χ1) is 15.5. The number of hydrogen-bond acceptors (Lipinski definition) is 4. The summed E-state index contributed by atoms with van der Waals surface area (Å²) in [5, 5.41) is 9.67. The van der Waals surface area contributed by atoms with E-state index in [4.69, 9.17) is 10.3 Å². The normalized spacial score (nSPS) is 14.3. The third-order valence-corrected chi connectivity index (χ3v) is 7.18. The van der Waals surface area contributed by atoms with E-state index in [0.29, 0.717) is 0 Å². The van der Waals surface area contributed by atoms with Gasteiger partial charge in [0.05, 0.1) is 4.90 Å². The molecule has 0 aliphatic carbocycles. The molecule has 0 aromatic heterocycles. The van der Waals surface area contributed by atoms with Crippen LogP contribution < -0.4 is 5.73 Å². The highest BCUT2D eigenvalue weighted by atomic mass is 32.2. The number of aliphatic hydroxyl groups is 1. The summed E-state index contributed by atoms with van der Waals surface area (Å²) in [6, 6.07) is 5.99. The zero-order valence-electron chi connectivity index (χ0n) is 21.7. The van der Waals surface area contributed by atoms with Crippen molar-refractivity contribution in [1.82, 2.24) is 0 Å². The maximum absolute atomic E-state index is 10.5. The van der Waals surface area contributed by atoms with Crippen molar-refractivity contribution in [3.8, 4) is 0 Å². The van der Waals surface area contributed by atoms with Gasteiger partial charge in [0.15, 0.2) is 0 Å². The quantitative estimate of drug-likeness (QED) is 0.121. The van der Waals surface area contributed by atoms with Gasteiger partial charge in [0.2, 0.25) is 0 Å². The van der Waals surface area contributed by atoms with Crippen LogP contribution in [0.3, 0.4) is 0 Å². The molecule has 4 N–H and O–H groups in total. The molecule has 0 aliphatic heterocycles. The zero-order chi connectivity index (χ0) is 25.2. The monoisotopic (exact) mass is 485 g/mol. The summed E-state index contributed by atoms with van der Waals surface area (Å²) in [5.74, 6) is 0.199. The maximum Gasteiger partial charge on any atom is 0.294 e. The number of benzene rings is 1. The maximum atomic E-state index is 10.5. The van der Waals surface area contributed by atoms with Gasteiger partial charge >= 0.3 is 0 Å². The van der Waals surface area contributed by atoms with Gasteiger partial charge in [0, 0.05) is 0 Å². The molecule has 0 spiro atoms. The lowest BCUT2D eigenvalue weighted by atomic mass is 9.93. The van der Waals surface area contributed by atoms with Crippen LogP contribution >= 0.6 is 0 Å². The number of nitrogens with two attached hydrogens (primary N) is 1. The Hall–Kier alpha value is -0.950.